The van der Waals surface area contributed by atoms with Crippen molar-refractivity contribution in [2.45, 2.75) is 6.92 Å². The van der Waals surface area contributed by atoms with E-state index in [0.29, 0.717) is 26.6 Å². The summed E-state index contributed by atoms with van der Waals surface area (Å²) < 4.78 is 4.68. The van der Waals surface area contributed by atoms with Crippen LogP contribution >= 0.6 is 11.3 Å². The zero-order chi connectivity index (χ0) is 14.0. The largest absolute Gasteiger partial charge is 0.465 e. The second kappa shape index (κ2) is 5.24. The van der Waals surface area contributed by atoms with Crippen LogP contribution in [0.25, 0.3) is 0 Å². The Hall–Kier alpha value is -2.14. The molecule has 4 nitrogen and oxygen atoms in total. The van der Waals surface area contributed by atoms with Crippen molar-refractivity contribution in [3.05, 3.63) is 51.9 Å². The lowest BCUT2D eigenvalue weighted by Crippen LogP contribution is -2.06. The van der Waals surface area contributed by atoms with Crippen LogP contribution in [0, 0.1) is 6.92 Å². The van der Waals surface area contributed by atoms with Gasteiger partial charge in [0.25, 0.3) is 0 Å². The van der Waals surface area contributed by atoms with Crippen molar-refractivity contribution in [2.24, 2.45) is 0 Å². The van der Waals surface area contributed by atoms with Gasteiger partial charge in [-0.25, -0.2) is 4.79 Å². The summed E-state index contributed by atoms with van der Waals surface area (Å²) in [6.45, 7) is 1.70. The van der Waals surface area contributed by atoms with Gasteiger partial charge in [-0.05, 0) is 12.5 Å². The number of nitrogens with two attached hydrogens (primary N) is 1. The SMILES string of the molecule is COC(=O)c1sc(N)c(C(=O)c2ccccc2)c1C. The number of anilines is 1. The van der Waals surface area contributed by atoms with Crippen molar-refractivity contribution < 1.29 is 14.3 Å². The number of carbonyl (C=O) groups is 2. The molecule has 98 valence electrons. The van der Waals surface area contributed by atoms with Crippen LogP contribution in [0.15, 0.2) is 30.3 Å². The lowest BCUT2D eigenvalue weighted by molar-refractivity contribution is 0.0605. The fourth-order valence-electron chi connectivity index (χ4n) is 1.84. The van der Waals surface area contributed by atoms with Gasteiger partial charge in [0.05, 0.1) is 17.7 Å². The molecule has 0 radical (unpaired) electrons. The van der Waals surface area contributed by atoms with Crippen molar-refractivity contribution in [2.75, 3.05) is 12.8 Å². The second-order valence-electron chi connectivity index (χ2n) is 3.98. The van der Waals surface area contributed by atoms with E-state index in [0.717, 1.165) is 11.3 Å². The molecule has 2 aromatic rings. The van der Waals surface area contributed by atoms with Crippen molar-refractivity contribution in [3.8, 4) is 0 Å². The van der Waals surface area contributed by atoms with Crippen molar-refractivity contribution in [3.63, 3.8) is 0 Å². The smallest absolute Gasteiger partial charge is 0.348 e. The Morgan fingerprint density at radius 3 is 2.42 bits per heavy atom. The van der Waals surface area contributed by atoms with Gasteiger partial charge in [-0.3, -0.25) is 4.79 Å². The van der Waals surface area contributed by atoms with Gasteiger partial charge in [0, 0.05) is 5.56 Å². The summed E-state index contributed by atoms with van der Waals surface area (Å²) >= 11 is 1.08. The average molecular weight is 275 g/mol. The van der Waals surface area contributed by atoms with Gasteiger partial charge in [0.1, 0.15) is 4.88 Å². The van der Waals surface area contributed by atoms with Crippen LogP contribution in [0.1, 0.15) is 31.2 Å². The zero-order valence-corrected chi connectivity index (χ0v) is 11.4. The lowest BCUT2D eigenvalue weighted by Gasteiger charge is -2.02. The summed E-state index contributed by atoms with van der Waals surface area (Å²) in [6, 6.07) is 8.84. The van der Waals surface area contributed by atoms with Crippen molar-refractivity contribution >= 4 is 28.1 Å². The standard InChI is InChI=1S/C14H13NO3S/c1-8-10(11(16)9-6-4-3-5-7-9)13(15)19-12(8)14(17)18-2/h3-7H,15H2,1-2H3. The van der Waals surface area contributed by atoms with Gasteiger partial charge < -0.3 is 10.5 Å². The molecular formula is C14H13NO3S. The number of hydrogen-bond donors (Lipinski definition) is 1. The molecule has 0 saturated heterocycles. The number of rotatable bonds is 3. The number of nitrogen functional groups attached to an aromatic ring is 1. The van der Waals surface area contributed by atoms with Gasteiger partial charge in [-0.2, -0.15) is 0 Å². The molecule has 0 unspecified atom stereocenters. The minimum absolute atomic E-state index is 0.179. The highest BCUT2D eigenvalue weighted by atomic mass is 32.1. The Morgan fingerprint density at radius 2 is 1.84 bits per heavy atom. The Labute approximate surface area is 114 Å². The highest BCUT2D eigenvalue weighted by Gasteiger charge is 2.24. The van der Waals surface area contributed by atoms with Crippen LogP contribution in [0.5, 0.6) is 0 Å². The maximum atomic E-state index is 12.4. The summed E-state index contributed by atoms with van der Waals surface area (Å²) in [4.78, 5) is 24.3. The number of ether oxygens (including phenoxy) is 1. The molecule has 1 aromatic heterocycles. The molecule has 0 aliphatic heterocycles. The normalized spacial score (nSPS) is 10.2. The zero-order valence-electron chi connectivity index (χ0n) is 10.6. The molecule has 0 aliphatic rings. The number of methoxy groups -OCH3 is 1. The maximum absolute atomic E-state index is 12.4. The molecule has 0 saturated carbocycles. The van der Waals surface area contributed by atoms with E-state index in [1.807, 2.05) is 6.07 Å². The fourth-order valence-corrected chi connectivity index (χ4v) is 2.83. The Bertz CT molecular complexity index is 632. The molecule has 0 amide bonds. The number of thiophene rings is 1. The monoisotopic (exact) mass is 275 g/mol. The Balaban J connectivity index is 2.49. The molecule has 2 rings (SSSR count). The van der Waals surface area contributed by atoms with Gasteiger partial charge in [0.2, 0.25) is 0 Å². The highest BCUT2D eigenvalue weighted by Crippen LogP contribution is 2.32. The first kappa shape index (κ1) is 13.3. The van der Waals surface area contributed by atoms with E-state index in [2.05, 4.69) is 4.74 Å². The number of ketones is 1. The van der Waals surface area contributed by atoms with Gasteiger partial charge in [-0.1, -0.05) is 30.3 Å². The average Bonchev–Trinajstić information content (AvgIpc) is 2.73. The predicted molar refractivity (Wildman–Crippen MR) is 74.7 cm³/mol. The van der Waals surface area contributed by atoms with Crippen molar-refractivity contribution in [1.82, 2.24) is 0 Å². The molecule has 19 heavy (non-hydrogen) atoms. The molecule has 0 fully saturated rings. The molecule has 2 N–H and O–H groups in total. The molecule has 0 bridgehead atoms. The van der Waals surface area contributed by atoms with Gasteiger partial charge in [-0.15, -0.1) is 11.3 Å². The van der Waals surface area contributed by atoms with Gasteiger partial charge >= 0.3 is 5.97 Å². The molecule has 0 spiro atoms. The highest BCUT2D eigenvalue weighted by molar-refractivity contribution is 7.18. The first-order valence-electron chi connectivity index (χ1n) is 5.63. The second-order valence-corrected chi connectivity index (χ2v) is 5.03. The summed E-state index contributed by atoms with van der Waals surface area (Å²) in [5.41, 5.74) is 7.37. The van der Waals surface area contributed by atoms with Crippen LogP contribution in [-0.4, -0.2) is 18.9 Å². The molecule has 1 heterocycles. The van der Waals surface area contributed by atoms with Crippen LogP contribution < -0.4 is 5.73 Å². The first-order chi connectivity index (χ1) is 9.06. The van der Waals surface area contributed by atoms with E-state index < -0.39 is 5.97 Å². The van der Waals surface area contributed by atoms with E-state index in [4.69, 9.17) is 5.73 Å². The van der Waals surface area contributed by atoms with Crippen molar-refractivity contribution in [1.29, 1.82) is 0 Å². The van der Waals surface area contributed by atoms with E-state index in [1.165, 1.54) is 7.11 Å². The summed E-state index contributed by atoms with van der Waals surface area (Å²) in [6.07, 6.45) is 0. The molecule has 5 heteroatoms. The predicted octanol–water partition coefficient (Wildman–Crippen LogP) is 2.66. The van der Waals surface area contributed by atoms with Crippen LogP contribution in [0.4, 0.5) is 5.00 Å². The van der Waals surface area contributed by atoms with E-state index >= 15 is 0 Å². The topological polar surface area (TPSA) is 69.4 Å². The van der Waals surface area contributed by atoms with Crippen LogP contribution in [0.2, 0.25) is 0 Å². The summed E-state index contributed by atoms with van der Waals surface area (Å²) in [5.74, 6) is -0.650. The minimum Gasteiger partial charge on any atom is -0.465 e. The third kappa shape index (κ3) is 2.37. The lowest BCUT2D eigenvalue weighted by atomic mass is 10.0. The van der Waals surface area contributed by atoms with E-state index in [1.54, 1.807) is 31.2 Å². The summed E-state index contributed by atoms with van der Waals surface area (Å²) in [5, 5.41) is 0.340. The number of esters is 1. The fraction of sp³-hybridized carbons (Fsp3) is 0.143. The molecule has 1 aromatic carbocycles. The maximum Gasteiger partial charge on any atom is 0.348 e. The van der Waals surface area contributed by atoms with E-state index in [9.17, 15) is 9.59 Å². The summed E-state index contributed by atoms with van der Waals surface area (Å²) in [7, 11) is 1.30. The Morgan fingerprint density at radius 1 is 1.21 bits per heavy atom. The van der Waals surface area contributed by atoms with Crippen LogP contribution in [-0.2, 0) is 4.74 Å². The number of benzene rings is 1. The molecule has 0 atom stereocenters. The van der Waals surface area contributed by atoms with Gasteiger partial charge in [0.15, 0.2) is 5.78 Å². The van der Waals surface area contributed by atoms with Crippen LogP contribution in [0.3, 0.4) is 0 Å². The number of carbonyl (C=O) groups excluding carboxylic acids is 2. The third-order valence-corrected chi connectivity index (χ3v) is 3.91. The number of hydrogen-bond acceptors (Lipinski definition) is 5. The quantitative estimate of drug-likeness (QED) is 0.690. The third-order valence-electron chi connectivity index (χ3n) is 2.81. The minimum atomic E-state index is -0.471. The van der Waals surface area contributed by atoms with E-state index in [-0.39, 0.29) is 5.78 Å². The molecular weight excluding hydrogens is 262 g/mol. The first-order valence-corrected chi connectivity index (χ1v) is 6.44. The molecule has 0 aliphatic carbocycles. The Kier molecular flexibility index (Phi) is 3.66.